The van der Waals surface area contributed by atoms with Crippen molar-refractivity contribution in [2.45, 2.75) is 44.2 Å². The van der Waals surface area contributed by atoms with Crippen molar-refractivity contribution >= 4 is 11.7 Å². The van der Waals surface area contributed by atoms with Crippen molar-refractivity contribution in [2.75, 3.05) is 25.5 Å². The van der Waals surface area contributed by atoms with E-state index in [1.807, 2.05) is 23.1 Å². The van der Waals surface area contributed by atoms with Crippen molar-refractivity contribution in [1.29, 1.82) is 0 Å². The normalized spacial score (nSPS) is 28.8. The van der Waals surface area contributed by atoms with Crippen molar-refractivity contribution in [2.24, 2.45) is 11.8 Å². The van der Waals surface area contributed by atoms with Gasteiger partial charge in [0.15, 0.2) is 5.69 Å². The van der Waals surface area contributed by atoms with Crippen LogP contribution >= 0.6 is 0 Å². The van der Waals surface area contributed by atoms with Gasteiger partial charge in [0.1, 0.15) is 5.82 Å². The van der Waals surface area contributed by atoms with Crippen LogP contribution in [0.15, 0.2) is 24.4 Å². The molecular weight excluding hydrogens is 354 g/mol. The van der Waals surface area contributed by atoms with Gasteiger partial charge in [-0.15, -0.1) is 0 Å². The predicted octanol–water partition coefficient (Wildman–Crippen LogP) is 2.27. The summed E-state index contributed by atoms with van der Waals surface area (Å²) >= 11 is 0. The van der Waals surface area contributed by atoms with Crippen molar-refractivity contribution in [3.05, 3.63) is 41.3 Å². The predicted molar refractivity (Wildman–Crippen MR) is 105 cm³/mol. The number of methoxy groups -OCH3 is 1. The van der Waals surface area contributed by atoms with E-state index in [0.717, 1.165) is 62.3 Å². The number of nitrogens with zero attached hydrogens (tertiary/aromatic N) is 3. The van der Waals surface area contributed by atoms with E-state index >= 15 is 0 Å². The molecule has 5 rings (SSSR count). The van der Waals surface area contributed by atoms with Gasteiger partial charge in [-0.1, -0.05) is 6.07 Å². The summed E-state index contributed by atoms with van der Waals surface area (Å²) in [7, 11) is 1.78. The van der Waals surface area contributed by atoms with Crippen LogP contribution in [0.4, 0.5) is 5.82 Å². The largest absolute Gasteiger partial charge is 0.379 e. The summed E-state index contributed by atoms with van der Waals surface area (Å²) in [5, 5.41) is 11.0. The molecular formula is C21H27N5O2. The van der Waals surface area contributed by atoms with Gasteiger partial charge >= 0.3 is 0 Å². The van der Waals surface area contributed by atoms with Crippen LogP contribution in [-0.4, -0.2) is 58.3 Å². The first kappa shape index (κ1) is 17.7. The summed E-state index contributed by atoms with van der Waals surface area (Å²) in [6.07, 6.45) is 6.98. The zero-order valence-corrected chi connectivity index (χ0v) is 16.2. The number of carbonyl (C=O) groups excluding carboxylic acids is 1. The van der Waals surface area contributed by atoms with Crippen LogP contribution in [0.3, 0.4) is 0 Å². The second-order valence-corrected chi connectivity index (χ2v) is 8.32. The Morgan fingerprint density at radius 3 is 2.89 bits per heavy atom. The zero-order chi connectivity index (χ0) is 19.1. The number of aryl methyl sites for hydroxylation is 1. The van der Waals surface area contributed by atoms with Crippen LogP contribution in [0.25, 0.3) is 0 Å². The minimum absolute atomic E-state index is 0.0944. The number of fused-ring (bicyclic) bond motifs is 2. The van der Waals surface area contributed by atoms with Gasteiger partial charge in [-0.2, -0.15) is 5.10 Å². The fourth-order valence-electron chi connectivity index (χ4n) is 5.28. The molecule has 28 heavy (non-hydrogen) atoms. The highest BCUT2D eigenvalue weighted by Crippen LogP contribution is 2.39. The zero-order valence-electron chi connectivity index (χ0n) is 16.2. The number of ether oxygens (including phenoxy) is 1. The Kier molecular flexibility index (Phi) is 4.55. The summed E-state index contributed by atoms with van der Waals surface area (Å²) in [6.45, 7) is 1.61. The maximum Gasteiger partial charge on any atom is 0.274 e. The molecule has 0 aromatic carbocycles. The molecule has 0 spiro atoms. The molecule has 1 saturated carbocycles. The van der Waals surface area contributed by atoms with E-state index < -0.39 is 0 Å². The van der Waals surface area contributed by atoms with Gasteiger partial charge in [0.25, 0.3) is 5.91 Å². The lowest BCUT2D eigenvalue weighted by Gasteiger charge is -2.37. The Hall–Kier alpha value is -2.41. The number of hydrogen-bond donors (Lipinski definition) is 2. The standard InChI is InChI=1S/C21H27N5O2/c1-28-18-10-14-12-26(21(27)20-15-5-4-6-16(15)24-25-20)11-13(14)9-17(18)23-19-7-2-3-8-22-19/h2-3,7-8,13-14,17-18H,4-6,9-12H2,1H3,(H,22,23)(H,24,25)/t13-,14+,17-,18-/m1/s1. The van der Waals surface area contributed by atoms with E-state index in [-0.39, 0.29) is 18.1 Å². The maximum absolute atomic E-state index is 13.1. The second-order valence-electron chi connectivity index (χ2n) is 8.32. The van der Waals surface area contributed by atoms with Crippen LogP contribution in [0.2, 0.25) is 0 Å². The van der Waals surface area contributed by atoms with E-state index in [2.05, 4.69) is 20.5 Å². The Balaban J connectivity index is 1.29. The minimum atomic E-state index is 0.0944. The molecule has 3 aliphatic rings. The summed E-state index contributed by atoms with van der Waals surface area (Å²) in [6, 6.07) is 6.11. The Bertz CT molecular complexity index is 852. The third-order valence-electron chi connectivity index (χ3n) is 6.71. The van der Waals surface area contributed by atoms with E-state index in [0.29, 0.717) is 17.5 Å². The fraction of sp³-hybridized carbons (Fsp3) is 0.571. The number of nitrogens with one attached hydrogen (secondary N) is 2. The van der Waals surface area contributed by atoms with Crippen LogP contribution < -0.4 is 5.32 Å². The van der Waals surface area contributed by atoms with Crippen molar-refractivity contribution < 1.29 is 9.53 Å². The third-order valence-corrected chi connectivity index (χ3v) is 6.71. The van der Waals surface area contributed by atoms with E-state index in [1.54, 1.807) is 13.3 Å². The van der Waals surface area contributed by atoms with Gasteiger partial charge in [-0.3, -0.25) is 9.89 Å². The topological polar surface area (TPSA) is 83.1 Å². The van der Waals surface area contributed by atoms with Gasteiger partial charge in [-0.25, -0.2) is 4.98 Å². The van der Waals surface area contributed by atoms with Crippen molar-refractivity contribution in [3.8, 4) is 0 Å². The van der Waals surface area contributed by atoms with Gasteiger partial charge < -0.3 is 15.0 Å². The molecule has 0 unspecified atom stereocenters. The molecule has 7 heteroatoms. The number of carbonyl (C=O) groups is 1. The number of pyridine rings is 1. The number of hydrogen-bond acceptors (Lipinski definition) is 5. The molecule has 2 N–H and O–H groups in total. The average molecular weight is 381 g/mol. The van der Waals surface area contributed by atoms with Gasteiger partial charge in [-0.05, 0) is 56.1 Å². The highest BCUT2D eigenvalue weighted by Gasteiger charge is 2.44. The number of H-pyrrole nitrogens is 1. The first-order valence-electron chi connectivity index (χ1n) is 10.3. The van der Waals surface area contributed by atoms with Crippen LogP contribution in [-0.2, 0) is 17.6 Å². The average Bonchev–Trinajstić information content (AvgIpc) is 3.42. The summed E-state index contributed by atoms with van der Waals surface area (Å²) < 4.78 is 5.80. The van der Waals surface area contributed by atoms with E-state index in [1.165, 1.54) is 0 Å². The molecule has 0 radical (unpaired) electrons. The van der Waals surface area contributed by atoms with Crippen LogP contribution in [0.5, 0.6) is 0 Å². The van der Waals surface area contributed by atoms with E-state index in [9.17, 15) is 4.79 Å². The molecule has 2 fully saturated rings. The second kappa shape index (κ2) is 7.20. The van der Waals surface area contributed by atoms with Gasteiger partial charge in [0.05, 0.1) is 12.1 Å². The molecule has 1 aliphatic heterocycles. The number of anilines is 1. The number of rotatable bonds is 4. The summed E-state index contributed by atoms with van der Waals surface area (Å²) in [4.78, 5) is 19.5. The fourth-order valence-corrected chi connectivity index (χ4v) is 5.28. The highest BCUT2D eigenvalue weighted by molar-refractivity contribution is 5.94. The number of likely N-dealkylation sites (tertiary alicyclic amines) is 1. The molecule has 1 saturated heterocycles. The number of aromatic amines is 1. The Morgan fingerprint density at radius 1 is 1.25 bits per heavy atom. The molecule has 0 bridgehead atoms. The SMILES string of the molecule is CO[C@@H]1C[C@H]2CN(C(=O)c3n[nH]c4c3CCC4)C[C@H]2C[C@H]1Nc1ccccn1. The number of aromatic nitrogens is 3. The maximum atomic E-state index is 13.1. The van der Waals surface area contributed by atoms with Crippen molar-refractivity contribution in [1.82, 2.24) is 20.1 Å². The lowest BCUT2D eigenvalue weighted by atomic mass is 9.77. The molecule has 7 nitrogen and oxygen atoms in total. The lowest BCUT2D eigenvalue weighted by molar-refractivity contribution is 0.0304. The Morgan fingerprint density at radius 2 is 2.11 bits per heavy atom. The van der Waals surface area contributed by atoms with Crippen LogP contribution in [0, 0.1) is 11.8 Å². The van der Waals surface area contributed by atoms with Crippen LogP contribution in [0.1, 0.15) is 41.0 Å². The monoisotopic (exact) mass is 381 g/mol. The summed E-state index contributed by atoms with van der Waals surface area (Å²) in [5.41, 5.74) is 2.95. The smallest absolute Gasteiger partial charge is 0.274 e. The highest BCUT2D eigenvalue weighted by atomic mass is 16.5. The molecule has 3 heterocycles. The lowest BCUT2D eigenvalue weighted by Crippen LogP contribution is -2.44. The first-order valence-corrected chi connectivity index (χ1v) is 10.3. The molecule has 2 aromatic heterocycles. The molecule has 2 aliphatic carbocycles. The van der Waals surface area contributed by atoms with E-state index in [4.69, 9.17) is 4.74 Å². The Labute approximate surface area is 164 Å². The quantitative estimate of drug-likeness (QED) is 0.849. The molecule has 2 aromatic rings. The molecule has 4 atom stereocenters. The third kappa shape index (κ3) is 3.07. The first-order chi connectivity index (χ1) is 13.7. The van der Waals surface area contributed by atoms with Gasteiger partial charge in [0, 0.05) is 37.7 Å². The van der Waals surface area contributed by atoms with Gasteiger partial charge in [0.2, 0.25) is 0 Å². The molecule has 1 amide bonds. The van der Waals surface area contributed by atoms with Crippen molar-refractivity contribution in [3.63, 3.8) is 0 Å². The molecule has 148 valence electrons. The summed E-state index contributed by atoms with van der Waals surface area (Å²) in [5.74, 6) is 1.95. The number of amides is 1. The minimum Gasteiger partial charge on any atom is -0.379 e.